The number of hydrogen-bond acceptors (Lipinski definition) is 5. The van der Waals surface area contributed by atoms with Crippen LogP contribution < -0.4 is 10.3 Å². The number of allylic oxidation sites excluding steroid dienone is 3. The number of rotatable bonds is 9. The summed E-state index contributed by atoms with van der Waals surface area (Å²) >= 11 is 0. The fourth-order valence-electron chi connectivity index (χ4n) is 2.80. The zero-order valence-electron chi connectivity index (χ0n) is 16.2. The Morgan fingerprint density at radius 3 is 2.67 bits per heavy atom. The van der Waals surface area contributed by atoms with Crippen molar-refractivity contribution in [3.63, 3.8) is 0 Å². The van der Waals surface area contributed by atoms with Gasteiger partial charge in [-0.05, 0) is 31.3 Å². The molecule has 0 radical (unpaired) electrons. The number of hydrogen-bond donors (Lipinski definition) is 3. The summed E-state index contributed by atoms with van der Waals surface area (Å²) in [5.41, 5.74) is 2.76. The highest BCUT2D eigenvalue weighted by molar-refractivity contribution is 7.88. The molecule has 0 spiro atoms. The standard InChI is InChI=1S/C18H27N5O3S/c1-6-8-13-16-17(22-21-13)18(24)20-15(19-16)10-12(4)14(9-11(3)7-2)23-27(5,25)26/h7,11,23H,2,6,8-10H2,1,3-5H3,(H,21,22)(H,19,20,24)/b14-12-. The minimum atomic E-state index is -3.41. The third-order valence-electron chi connectivity index (χ3n) is 4.22. The molecule has 27 heavy (non-hydrogen) atoms. The van der Waals surface area contributed by atoms with Gasteiger partial charge in [0, 0.05) is 12.1 Å². The van der Waals surface area contributed by atoms with E-state index < -0.39 is 10.0 Å². The van der Waals surface area contributed by atoms with Crippen molar-refractivity contribution in [2.75, 3.05) is 6.26 Å². The summed E-state index contributed by atoms with van der Waals surface area (Å²) < 4.78 is 26.0. The monoisotopic (exact) mass is 393 g/mol. The van der Waals surface area contributed by atoms with E-state index in [9.17, 15) is 13.2 Å². The molecule has 0 aliphatic rings. The van der Waals surface area contributed by atoms with Crippen molar-refractivity contribution in [2.45, 2.75) is 46.5 Å². The first-order valence-electron chi connectivity index (χ1n) is 8.89. The summed E-state index contributed by atoms with van der Waals surface area (Å²) in [5.74, 6) is 0.575. The molecule has 0 saturated heterocycles. The minimum Gasteiger partial charge on any atom is -0.308 e. The number of sulfonamides is 1. The Kier molecular flexibility index (Phi) is 6.59. The first-order chi connectivity index (χ1) is 12.6. The lowest BCUT2D eigenvalue weighted by atomic mass is 10.0. The van der Waals surface area contributed by atoms with Crippen LogP contribution in [-0.2, 0) is 22.9 Å². The van der Waals surface area contributed by atoms with E-state index in [2.05, 4.69) is 31.5 Å². The van der Waals surface area contributed by atoms with Gasteiger partial charge in [0.05, 0.1) is 11.9 Å². The average Bonchev–Trinajstić information content (AvgIpc) is 2.96. The highest BCUT2D eigenvalue weighted by Crippen LogP contribution is 2.18. The molecule has 0 aliphatic heterocycles. The summed E-state index contributed by atoms with van der Waals surface area (Å²) in [6, 6.07) is 0. The van der Waals surface area contributed by atoms with Gasteiger partial charge in [-0.25, -0.2) is 13.4 Å². The number of H-pyrrole nitrogens is 2. The molecule has 2 heterocycles. The van der Waals surface area contributed by atoms with E-state index in [1.54, 1.807) is 6.08 Å². The molecule has 3 N–H and O–H groups in total. The molecule has 0 aromatic carbocycles. The maximum Gasteiger partial charge on any atom is 0.279 e. The van der Waals surface area contributed by atoms with E-state index in [4.69, 9.17) is 0 Å². The molecule has 0 amide bonds. The van der Waals surface area contributed by atoms with E-state index in [1.807, 2.05) is 20.8 Å². The van der Waals surface area contributed by atoms with Crippen LogP contribution in [0.2, 0.25) is 0 Å². The van der Waals surface area contributed by atoms with E-state index in [-0.39, 0.29) is 11.5 Å². The van der Waals surface area contributed by atoms with E-state index >= 15 is 0 Å². The topological polar surface area (TPSA) is 121 Å². The predicted molar refractivity (Wildman–Crippen MR) is 107 cm³/mol. The Balaban J connectivity index is 2.43. The van der Waals surface area contributed by atoms with Crippen molar-refractivity contribution in [3.05, 3.63) is 45.8 Å². The second-order valence-corrected chi connectivity index (χ2v) is 8.64. The van der Waals surface area contributed by atoms with Crippen LogP contribution in [0.3, 0.4) is 0 Å². The Bertz CT molecular complexity index is 1020. The van der Waals surface area contributed by atoms with Crippen molar-refractivity contribution >= 4 is 21.1 Å². The van der Waals surface area contributed by atoms with Gasteiger partial charge in [-0.15, -0.1) is 6.58 Å². The van der Waals surface area contributed by atoms with Gasteiger partial charge in [0.25, 0.3) is 5.56 Å². The third-order valence-corrected chi connectivity index (χ3v) is 4.83. The molecule has 148 valence electrons. The maximum absolute atomic E-state index is 12.3. The van der Waals surface area contributed by atoms with Gasteiger partial charge in [-0.1, -0.05) is 26.3 Å². The van der Waals surface area contributed by atoms with Crippen LogP contribution in [0.15, 0.2) is 28.7 Å². The molecule has 1 unspecified atom stereocenters. The lowest BCUT2D eigenvalue weighted by Crippen LogP contribution is -2.24. The molecule has 0 bridgehead atoms. The molecule has 2 aromatic heterocycles. The SMILES string of the molecule is C=CC(C)C/C(NS(C)(=O)=O)=C(\C)Cc1nc2c(CCC)[nH]nc2c(=O)[nH]1. The summed E-state index contributed by atoms with van der Waals surface area (Å²) in [6.07, 6.45) is 5.37. The van der Waals surface area contributed by atoms with Crippen LogP contribution >= 0.6 is 0 Å². The minimum absolute atomic E-state index is 0.101. The number of aryl methyl sites for hydroxylation is 1. The molecule has 2 aromatic rings. The summed E-state index contributed by atoms with van der Waals surface area (Å²) in [5, 5.41) is 6.92. The average molecular weight is 394 g/mol. The van der Waals surface area contributed by atoms with Crippen LogP contribution in [-0.4, -0.2) is 34.8 Å². The lowest BCUT2D eigenvalue weighted by Gasteiger charge is -2.16. The molecule has 0 fully saturated rings. The van der Waals surface area contributed by atoms with Gasteiger partial charge < -0.3 is 4.98 Å². The summed E-state index contributed by atoms with van der Waals surface area (Å²) in [7, 11) is -3.41. The highest BCUT2D eigenvalue weighted by atomic mass is 32.2. The van der Waals surface area contributed by atoms with Gasteiger partial charge in [0.2, 0.25) is 10.0 Å². The first-order valence-corrected chi connectivity index (χ1v) is 10.8. The number of aromatic nitrogens is 4. The second kappa shape index (κ2) is 8.51. The third kappa shape index (κ3) is 5.53. The van der Waals surface area contributed by atoms with Gasteiger partial charge in [0.15, 0.2) is 5.52 Å². The van der Waals surface area contributed by atoms with Gasteiger partial charge >= 0.3 is 0 Å². The molecular formula is C18H27N5O3S. The van der Waals surface area contributed by atoms with Crippen LogP contribution in [0.1, 0.15) is 45.1 Å². The zero-order valence-corrected chi connectivity index (χ0v) is 17.0. The zero-order chi connectivity index (χ0) is 20.2. The van der Waals surface area contributed by atoms with Gasteiger partial charge in [-0.3, -0.25) is 14.6 Å². The van der Waals surface area contributed by atoms with Crippen LogP contribution in [0, 0.1) is 5.92 Å². The van der Waals surface area contributed by atoms with Crippen molar-refractivity contribution < 1.29 is 8.42 Å². The van der Waals surface area contributed by atoms with E-state index in [0.29, 0.717) is 35.4 Å². The maximum atomic E-state index is 12.3. The molecule has 8 nitrogen and oxygen atoms in total. The number of fused-ring (bicyclic) bond motifs is 1. The molecule has 0 aliphatic carbocycles. The normalized spacial score (nSPS) is 14.1. The Morgan fingerprint density at radius 1 is 1.37 bits per heavy atom. The molecule has 0 saturated carbocycles. The van der Waals surface area contributed by atoms with Crippen LogP contribution in [0.25, 0.3) is 11.0 Å². The summed E-state index contributed by atoms with van der Waals surface area (Å²) in [4.78, 5) is 19.6. The predicted octanol–water partition coefficient (Wildman–Crippen LogP) is 2.18. The number of aromatic amines is 2. The number of nitrogens with zero attached hydrogens (tertiary/aromatic N) is 2. The van der Waals surface area contributed by atoms with Crippen molar-refractivity contribution in [2.24, 2.45) is 5.92 Å². The fourth-order valence-corrected chi connectivity index (χ4v) is 3.51. The molecule has 9 heteroatoms. The smallest absolute Gasteiger partial charge is 0.279 e. The van der Waals surface area contributed by atoms with Gasteiger partial charge in [0.1, 0.15) is 11.3 Å². The van der Waals surface area contributed by atoms with Crippen molar-refractivity contribution in [3.8, 4) is 0 Å². The molecule has 1 atom stereocenters. The summed E-state index contributed by atoms with van der Waals surface area (Å²) in [6.45, 7) is 9.58. The Labute approximate surface area is 159 Å². The highest BCUT2D eigenvalue weighted by Gasteiger charge is 2.15. The van der Waals surface area contributed by atoms with Gasteiger partial charge in [-0.2, -0.15) is 5.10 Å². The lowest BCUT2D eigenvalue weighted by molar-refractivity contribution is 0.588. The quantitative estimate of drug-likeness (QED) is 0.564. The van der Waals surface area contributed by atoms with Crippen molar-refractivity contribution in [1.82, 2.24) is 24.9 Å². The Morgan fingerprint density at radius 2 is 2.07 bits per heavy atom. The van der Waals surface area contributed by atoms with Crippen molar-refractivity contribution in [1.29, 1.82) is 0 Å². The van der Waals surface area contributed by atoms with E-state index in [1.165, 1.54) is 0 Å². The largest absolute Gasteiger partial charge is 0.308 e. The molecular weight excluding hydrogens is 366 g/mol. The second-order valence-electron chi connectivity index (χ2n) is 6.89. The Hall–Kier alpha value is -2.42. The fraction of sp³-hybridized carbons (Fsp3) is 0.500. The first kappa shape index (κ1) is 20.9. The van der Waals surface area contributed by atoms with Crippen LogP contribution in [0.5, 0.6) is 0 Å². The molecule has 2 rings (SSSR count). The number of nitrogens with one attached hydrogen (secondary N) is 3. The van der Waals surface area contributed by atoms with E-state index in [0.717, 1.165) is 30.4 Å². The van der Waals surface area contributed by atoms with Crippen LogP contribution in [0.4, 0.5) is 0 Å².